The fraction of sp³-hybridized carbons (Fsp3) is 0.316. The lowest BCUT2D eigenvalue weighted by Crippen LogP contribution is -2.48. The first-order chi connectivity index (χ1) is 13.5. The predicted octanol–water partition coefficient (Wildman–Crippen LogP) is 1.01. The van der Waals surface area contributed by atoms with Crippen molar-refractivity contribution in [1.29, 1.82) is 0 Å². The third kappa shape index (κ3) is 2.89. The van der Waals surface area contributed by atoms with Crippen LogP contribution in [-0.2, 0) is 0 Å². The quantitative estimate of drug-likeness (QED) is 0.372. The van der Waals surface area contributed by atoms with E-state index in [1.807, 2.05) is 7.05 Å². The zero-order valence-electron chi connectivity index (χ0n) is 15.6. The van der Waals surface area contributed by atoms with Gasteiger partial charge in [0.15, 0.2) is 5.75 Å². The van der Waals surface area contributed by atoms with E-state index < -0.39 is 6.09 Å². The summed E-state index contributed by atoms with van der Waals surface area (Å²) >= 11 is 0. The van der Waals surface area contributed by atoms with Crippen LogP contribution in [0.3, 0.4) is 0 Å². The highest BCUT2D eigenvalue weighted by atomic mass is 16.6. The molecule has 0 spiro atoms. The third-order valence-electron chi connectivity index (χ3n) is 4.98. The number of fused-ring (bicyclic) bond motifs is 2. The number of para-hydroxylation sites is 2. The van der Waals surface area contributed by atoms with E-state index in [-0.39, 0.29) is 27.8 Å². The van der Waals surface area contributed by atoms with Gasteiger partial charge in [0, 0.05) is 38.3 Å². The van der Waals surface area contributed by atoms with Crippen molar-refractivity contribution in [3.05, 3.63) is 46.8 Å². The van der Waals surface area contributed by atoms with E-state index in [0.29, 0.717) is 28.3 Å². The number of carbonyl (C=O) groups excluding carboxylic acids is 1. The minimum atomic E-state index is -0.538. The number of likely N-dealkylation sites (N-methyl/N-ethyl adjacent to an activating group) is 1. The lowest BCUT2D eigenvalue weighted by atomic mass is 10.2. The van der Waals surface area contributed by atoms with Crippen molar-refractivity contribution in [2.75, 3.05) is 40.3 Å². The molecule has 1 fully saturated rings. The van der Waals surface area contributed by atoms with Crippen molar-refractivity contribution < 1.29 is 23.7 Å². The van der Waals surface area contributed by atoms with Crippen molar-refractivity contribution in [1.82, 2.24) is 9.80 Å². The van der Waals surface area contributed by atoms with Crippen molar-refractivity contribution in [2.24, 2.45) is 0 Å². The second-order valence-electron chi connectivity index (χ2n) is 6.70. The number of nitrogens with zero attached hydrogens (tertiary/aromatic N) is 4. The molecule has 146 valence electrons. The van der Waals surface area contributed by atoms with Crippen LogP contribution in [0.15, 0.2) is 36.4 Å². The van der Waals surface area contributed by atoms with Gasteiger partial charge in [-0.25, -0.2) is 4.79 Å². The normalized spacial score (nSPS) is 15.1. The fourth-order valence-corrected chi connectivity index (χ4v) is 3.39. The van der Waals surface area contributed by atoms with Gasteiger partial charge in [-0.05, 0) is 19.2 Å². The second-order valence-corrected chi connectivity index (χ2v) is 6.70. The number of rotatable bonds is 2. The second kappa shape index (κ2) is 7.01. The number of hydrogen-bond donors (Lipinski definition) is 0. The van der Waals surface area contributed by atoms with Gasteiger partial charge in [0.25, 0.3) is 11.0 Å². The van der Waals surface area contributed by atoms with Crippen LogP contribution in [0.4, 0.5) is 4.79 Å². The molecule has 0 aliphatic carbocycles. The summed E-state index contributed by atoms with van der Waals surface area (Å²) in [5, 5.41) is 26.0. The molecule has 1 aliphatic rings. The molecule has 0 N–H and O–H groups in total. The summed E-state index contributed by atoms with van der Waals surface area (Å²) in [4.78, 5) is 16.3. The molecule has 1 amide bonds. The summed E-state index contributed by atoms with van der Waals surface area (Å²) in [5.74, 6) is 0.338. The Balaban J connectivity index is 1.81. The van der Waals surface area contributed by atoms with E-state index in [4.69, 9.17) is 9.47 Å². The highest BCUT2D eigenvalue weighted by molar-refractivity contribution is 5.85. The number of methoxy groups -OCH3 is 1. The topological polar surface area (TPSA) is 95.9 Å². The van der Waals surface area contributed by atoms with Gasteiger partial charge in [-0.15, -0.1) is 0 Å². The molecule has 3 aromatic rings. The SMILES string of the molecule is COc1cccc2c1[n+]([O-])c1cccc(OC(=O)N3CCN(C)CC3)c1[n+]2[O-]. The Morgan fingerprint density at radius 2 is 1.46 bits per heavy atom. The fourth-order valence-electron chi connectivity index (χ4n) is 3.39. The number of benzene rings is 2. The zero-order valence-corrected chi connectivity index (χ0v) is 15.6. The van der Waals surface area contributed by atoms with Crippen LogP contribution in [-0.4, -0.2) is 56.2 Å². The molecular formula is C19H20N4O5. The van der Waals surface area contributed by atoms with Crippen LogP contribution in [0.25, 0.3) is 22.1 Å². The van der Waals surface area contributed by atoms with Crippen LogP contribution >= 0.6 is 0 Å². The van der Waals surface area contributed by atoms with Crippen molar-refractivity contribution in [3.63, 3.8) is 0 Å². The molecule has 1 saturated heterocycles. The smallest absolute Gasteiger partial charge is 0.415 e. The van der Waals surface area contributed by atoms with Crippen molar-refractivity contribution in [2.45, 2.75) is 0 Å². The highest BCUT2D eigenvalue weighted by Gasteiger charge is 2.29. The maximum atomic E-state index is 13.0. The maximum Gasteiger partial charge on any atom is 0.415 e. The standard InChI is InChI=1S/C19H20N4O5/c1-20-9-11-21(12-10-20)19(24)28-16-8-4-6-14-18(16)23(26)13-5-3-7-15(27-2)17(13)22(14)25/h3-8H,9-12H2,1-2H3. The lowest BCUT2D eigenvalue weighted by molar-refractivity contribution is -0.591. The largest absolute Gasteiger partial charge is 0.617 e. The van der Waals surface area contributed by atoms with Crippen LogP contribution in [0, 0.1) is 10.4 Å². The molecule has 9 nitrogen and oxygen atoms in total. The van der Waals surface area contributed by atoms with Crippen LogP contribution in [0.2, 0.25) is 0 Å². The van der Waals surface area contributed by atoms with Gasteiger partial charge in [0.05, 0.1) is 7.11 Å². The van der Waals surface area contributed by atoms with Gasteiger partial charge in [0.2, 0.25) is 5.75 Å². The summed E-state index contributed by atoms with van der Waals surface area (Å²) in [7, 11) is 3.42. The van der Waals surface area contributed by atoms with Gasteiger partial charge in [-0.3, -0.25) is 0 Å². The number of hydrogen-bond acceptors (Lipinski definition) is 6. The number of carbonyl (C=O) groups is 1. The molecule has 0 radical (unpaired) electrons. The van der Waals surface area contributed by atoms with Gasteiger partial charge >= 0.3 is 17.1 Å². The van der Waals surface area contributed by atoms with E-state index in [0.717, 1.165) is 13.1 Å². The predicted molar refractivity (Wildman–Crippen MR) is 101 cm³/mol. The summed E-state index contributed by atoms with van der Waals surface area (Å²) in [6.45, 7) is 2.58. The molecule has 2 aromatic carbocycles. The molecule has 4 rings (SSSR count). The molecule has 0 unspecified atom stereocenters. The molecular weight excluding hydrogens is 364 g/mol. The first-order valence-electron chi connectivity index (χ1n) is 8.91. The zero-order chi connectivity index (χ0) is 19.8. The Kier molecular flexibility index (Phi) is 4.52. The molecule has 0 saturated carbocycles. The van der Waals surface area contributed by atoms with Crippen LogP contribution in [0.1, 0.15) is 0 Å². The van der Waals surface area contributed by atoms with Crippen LogP contribution < -0.4 is 18.9 Å². The van der Waals surface area contributed by atoms with E-state index in [1.165, 1.54) is 25.3 Å². The average Bonchev–Trinajstić information content (AvgIpc) is 2.71. The average molecular weight is 384 g/mol. The number of aromatic nitrogens is 2. The molecule has 1 aliphatic heterocycles. The van der Waals surface area contributed by atoms with Crippen LogP contribution in [0.5, 0.6) is 11.5 Å². The first-order valence-corrected chi connectivity index (χ1v) is 8.91. The van der Waals surface area contributed by atoms with Crippen molar-refractivity contribution in [3.8, 4) is 11.5 Å². The molecule has 0 atom stereocenters. The van der Waals surface area contributed by atoms with Gasteiger partial charge < -0.3 is 29.7 Å². The molecule has 1 aromatic heterocycles. The molecule has 0 bridgehead atoms. The Labute approximate surface area is 161 Å². The molecule has 2 heterocycles. The minimum absolute atomic E-state index is 0.000676. The summed E-state index contributed by atoms with van der Waals surface area (Å²) in [6, 6.07) is 9.36. The Morgan fingerprint density at radius 3 is 2.04 bits per heavy atom. The Bertz CT molecular complexity index is 1060. The monoisotopic (exact) mass is 384 g/mol. The van der Waals surface area contributed by atoms with Gasteiger partial charge in [-0.2, -0.15) is 9.46 Å². The van der Waals surface area contributed by atoms with Gasteiger partial charge in [0.1, 0.15) is 0 Å². The lowest BCUT2D eigenvalue weighted by Gasteiger charge is -2.31. The van der Waals surface area contributed by atoms with E-state index in [2.05, 4.69) is 4.90 Å². The van der Waals surface area contributed by atoms with Crippen molar-refractivity contribution >= 4 is 28.2 Å². The van der Waals surface area contributed by atoms with E-state index in [9.17, 15) is 15.2 Å². The highest BCUT2D eigenvalue weighted by Crippen LogP contribution is 2.26. The molecule has 28 heavy (non-hydrogen) atoms. The molecule has 9 heteroatoms. The third-order valence-corrected chi connectivity index (χ3v) is 4.98. The Morgan fingerprint density at radius 1 is 0.929 bits per heavy atom. The summed E-state index contributed by atoms with van der Waals surface area (Å²) in [5.41, 5.74) is 0.344. The number of ether oxygens (including phenoxy) is 2. The summed E-state index contributed by atoms with van der Waals surface area (Å²) < 4.78 is 12.0. The summed E-state index contributed by atoms with van der Waals surface area (Å²) in [6.07, 6.45) is -0.538. The maximum absolute atomic E-state index is 13.0. The minimum Gasteiger partial charge on any atom is -0.617 e. The van der Waals surface area contributed by atoms with E-state index >= 15 is 0 Å². The first kappa shape index (κ1) is 18.1. The number of amides is 1. The van der Waals surface area contributed by atoms with E-state index in [1.54, 1.807) is 23.1 Å². The number of piperazine rings is 1. The Hall–Kier alpha value is -3.33. The van der Waals surface area contributed by atoms with Gasteiger partial charge in [-0.1, -0.05) is 12.1 Å².